The number of aromatic hydroxyl groups is 1. The van der Waals surface area contributed by atoms with Crippen molar-refractivity contribution in [2.75, 3.05) is 33.9 Å². The molecule has 1 amide bonds. The third-order valence-electron chi connectivity index (χ3n) is 5.26. The summed E-state index contributed by atoms with van der Waals surface area (Å²) >= 11 is 0. The minimum absolute atomic E-state index is 0.000735. The summed E-state index contributed by atoms with van der Waals surface area (Å²) in [6.07, 6.45) is 0.817. The van der Waals surface area contributed by atoms with Crippen LogP contribution in [0.2, 0.25) is 0 Å². The number of methoxy groups -OCH3 is 1. The van der Waals surface area contributed by atoms with Gasteiger partial charge in [0.2, 0.25) is 5.16 Å². The normalized spacial score (nSPS) is 11.8. The summed E-state index contributed by atoms with van der Waals surface area (Å²) in [7, 11) is 1.31. The lowest BCUT2D eigenvalue weighted by atomic mass is 10.1. The molecular weight excluding hydrogens is 476 g/mol. The SMILES string of the molecule is CCOC(=O)OCCN(C)C(=O)n1c(S(=O)Cc2ncc(C)c(OC)c2C)nc2cc(O)ccc21. The van der Waals surface area contributed by atoms with Crippen LogP contribution < -0.4 is 4.74 Å². The van der Waals surface area contributed by atoms with E-state index in [9.17, 15) is 18.9 Å². The molecule has 3 aromatic rings. The minimum atomic E-state index is -1.77. The van der Waals surface area contributed by atoms with Crippen LogP contribution in [0, 0.1) is 13.8 Å². The molecule has 0 aliphatic carbocycles. The molecule has 188 valence electrons. The summed E-state index contributed by atoms with van der Waals surface area (Å²) in [5.41, 5.74) is 2.84. The maximum atomic E-state index is 13.5. The maximum absolute atomic E-state index is 13.5. The van der Waals surface area contributed by atoms with Gasteiger partial charge in [-0.1, -0.05) is 0 Å². The molecule has 1 atom stereocenters. The van der Waals surface area contributed by atoms with Crippen LogP contribution in [-0.2, 0) is 26.0 Å². The molecule has 0 spiro atoms. The van der Waals surface area contributed by atoms with Crippen molar-refractivity contribution < 1.29 is 33.1 Å². The number of rotatable bonds is 8. The molecule has 2 aromatic heterocycles. The fourth-order valence-electron chi connectivity index (χ4n) is 3.48. The Labute approximate surface area is 205 Å². The molecule has 0 bridgehead atoms. The van der Waals surface area contributed by atoms with Gasteiger partial charge in [-0.3, -0.25) is 9.19 Å². The zero-order valence-corrected chi connectivity index (χ0v) is 21.0. The number of nitrogens with zero attached hydrogens (tertiary/aromatic N) is 4. The van der Waals surface area contributed by atoms with Crippen LogP contribution in [-0.4, -0.2) is 74.9 Å². The average molecular weight is 505 g/mol. The fourth-order valence-corrected chi connectivity index (χ4v) is 4.73. The molecule has 0 radical (unpaired) electrons. The number of pyridine rings is 1. The molecule has 0 aliphatic heterocycles. The molecule has 0 aliphatic rings. The highest BCUT2D eigenvalue weighted by molar-refractivity contribution is 7.84. The summed E-state index contributed by atoms with van der Waals surface area (Å²) in [6.45, 7) is 5.51. The summed E-state index contributed by atoms with van der Waals surface area (Å²) < 4.78 is 29.8. The molecule has 12 heteroatoms. The number of carbonyl (C=O) groups is 2. The predicted molar refractivity (Wildman–Crippen MR) is 128 cm³/mol. The molecule has 1 N–H and O–H groups in total. The lowest BCUT2D eigenvalue weighted by Crippen LogP contribution is -2.35. The van der Waals surface area contributed by atoms with E-state index in [-0.39, 0.29) is 36.4 Å². The van der Waals surface area contributed by atoms with E-state index in [0.29, 0.717) is 22.5 Å². The Hall–Kier alpha value is -3.67. The van der Waals surface area contributed by atoms with Gasteiger partial charge in [0.1, 0.15) is 18.1 Å². The lowest BCUT2D eigenvalue weighted by molar-refractivity contribution is 0.0550. The smallest absolute Gasteiger partial charge is 0.508 e. The summed E-state index contributed by atoms with van der Waals surface area (Å²) in [6, 6.07) is 3.81. The van der Waals surface area contributed by atoms with Crippen molar-refractivity contribution in [3.63, 3.8) is 0 Å². The molecule has 35 heavy (non-hydrogen) atoms. The van der Waals surface area contributed by atoms with E-state index in [1.165, 1.54) is 34.7 Å². The van der Waals surface area contributed by atoms with E-state index in [2.05, 4.69) is 9.97 Å². The Morgan fingerprint density at radius 3 is 2.66 bits per heavy atom. The number of phenols is 1. The lowest BCUT2D eigenvalue weighted by Gasteiger charge is -2.19. The first-order valence-corrected chi connectivity index (χ1v) is 12.1. The Bertz CT molecular complexity index is 1270. The molecule has 0 fully saturated rings. The van der Waals surface area contributed by atoms with Crippen LogP contribution in [0.5, 0.6) is 11.5 Å². The van der Waals surface area contributed by atoms with Gasteiger partial charge in [0.25, 0.3) is 0 Å². The van der Waals surface area contributed by atoms with Crippen molar-refractivity contribution in [2.24, 2.45) is 0 Å². The van der Waals surface area contributed by atoms with Crippen LogP contribution in [0.15, 0.2) is 29.6 Å². The first-order chi connectivity index (χ1) is 16.7. The van der Waals surface area contributed by atoms with E-state index in [4.69, 9.17) is 14.2 Å². The summed E-state index contributed by atoms with van der Waals surface area (Å²) in [4.78, 5) is 34.8. The third kappa shape index (κ3) is 5.70. The number of amides is 1. The highest BCUT2D eigenvalue weighted by Crippen LogP contribution is 2.27. The van der Waals surface area contributed by atoms with Gasteiger partial charge in [-0.25, -0.2) is 19.1 Å². The van der Waals surface area contributed by atoms with E-state index >= 15 is 0 Å². The number of hydrogen-bond acceptors (Lipinski definition) is 9. The quantitative estimate of drug-likeness (QED) is 0.459. The number of fused-ring (bicyclic) bond motifs is 1. The molecule has 1 aromatic carbocycles. The Kier molecular flexibility index (Phi) is 8.28. The number of benzene rings is 1. The zero-order valence-electron chi connectivity index (χ0n) is 20.2. The number of likely N-dealkylation sites (N-methyl/N-ethyl adjacent to an activating group) is 1. The second-order valence-electron chi connectivity index (χ2n) is 7.67. The van der Waals surface area contributed by atoms with Gasteiger partial charge in [-0.2, -0.15) is 0 Å². The predicted octanol–water partition coefficient (Wildman–Crippen LogP) is 3.14. The zero-order chi connectivity index (χ0) is 25.7. The number of hydrogen-bond donors (Lipinski definition) is 1. The van der Waals surface area contributed by atoms with Crippen LogP contribution in [0.1, 0.15) is 23.7 Å². The fraction of sp³-hybridized carbons (Fsp3) is 0.391. The first kappa shape index (κ1) is 25.9. The van der Waals surface area contributed by atoms with Gasteiger partial charge < -0.3 is 24.2 Å². The van der Waals surface area contributed by atoms with E-state index in [1.807, 2.05) is 13.8 Å². The highest BCUT2D eigenvalue weighted by Gasteiger charge is 2.25. The summed E-state index contributed by atoms with van der Waals surface area (Å²) in [5, 5.41) is 9.89. The second kappa shape index (κ2) is 11.2. The maximum Gasteiger partial charge on any atom is 0.508 e. The molecule has 11 nitrogen and oxygen atoms in total. The van der Waals surface area contributed by atoms with Gasteiger partial charge in [0.05, 0.1) is 53.5 Å². The molecular formula is C23H28N4O7S. The molecule has 0 saturated heterocycles. The third-order valence-corrected chi connectivity index (χ3v) is 6.47. The second-order valence-corrected chi connectivity index (χ2v) is 9.02. The van der Waals surface area contributed by atoms with Crippen molar-refractivity contribution in [1.29, 1.82) is 0 Å². The van der Waals surface area contributed by atoms with Crippen LogP contribution in [0.3, 0.4) is 0 Å². The number of imidazole rings is 1. The van der Waals surface area contributed by atoms with Gasteiger partial charge in [0, 0.05) is 30.4 Å². The van der Waals surface area contributed by atoms with E-state index in [1.54, 1.807) is 20.2 Å². The van der Waals surface area contributed by atoms with Crippen LogP contribution in [0.25, 0.3) is 11.0 Å². The van der Waals surface area contributed by atoms with Crippen molar-refractivity contribution in [1.82, 2.24) is 19.4 Å². The highest BCUT2D eigenvalue weighted by atomic mass is 32.2. The van der Waals surface area contributed by atoms with Crippen molar-refractivity contribution in [2.45, 2.75) is 31.7 Å². The van der Waals surface area contributed by atoms with Crippen molar-refractivity contribution in [3.8, 4) is 11.5 Å². The average Bonchev–Trinajstić information content (AvgIpc) is 3.19. The topological polar surface area (TPSA) is 133 Å². The minimum Gasteiger partial charge on any atom is -0.508 e. The molecule has 0 saturated carbocycles. The van der Waals surface area contributed by atoms with Gasteiger partial charge in [-0.05, 0) is 32.9 Å². The van der Waals surface area contributed by atoms with Crippen molar-refractivity contribution in [3.05, 3.63) is 41.2 Å². The Morgan fingerprint density at radius 1 is 1.23 bits per heavy atom. The van der Waals surface area contributed by atoms with Crippen molar-refractivity contribution >= 4 is 34.0 Å². The van der Waals surface area contributed by atoms with Gasteiger partial charge in [-0.15, -0.1) is 0 Å². The molecule has 1 unspecified atom stereocenters. The Morgan fingerprint density at radius 2 is 1.97 bits per heavy atom. The number of carbonyl (C=O) groups excluding carboxylic acids is 2. The molecule has 2 heterocycles. The monoisotopic (exact) mass is 504 g/mol. The number of aromatic nitrogens is 3. The van der Waals surface area contributed by atoms with Gasteiger partial charge in [0.15, 0.2) is 0 Å². The number of phenolic OH excluding ortho intramolecular Hbond substituents is 1. The largest absolute Gasteiger partial charge is 0.508 e. The van der Waals surface area contributed by atoms with E-state index in [0.717, 1.165) is 11.1 Å². The van der Waals surface area contributed by atoms with Gasteiger partial charge >= 0.3 is 12.2 Å². The standard InChI is InChI=1S/C23H28N4O7S/c1-6-33-23(30)34-10-9-26(4)22(29)27-19-8-7-16(28)11-17(19)25-21(27)35(31)13-18-15(3)20(32-5)14(2)12-24-18/h7-8,11-12,28H,6,9-10,13H2,1-5H3. The Balaban J connectivity index is 1.92. The van der Waals surface area contributed by atoms with Crippen LogP contribution >= 0.6 is 0 Å². The first-order valence-electron chi connectivity index (χ1n) is 10.8. The summed E-state index contributed by atoms with van der Waals surface area (Å²) in [5.74, 6) is 0.618. The van der Waals surface area contributed by atoms with Crippen LogP contribution in [0.4, 0.5) is 9.59 Å². The molecule has 3 rings (SSSR count). The number of aryl methyl sites for hydroxylation is 1. The number of ether oxygens (including phenoxy) is 3. The van der Waals surface area contributed by atoms with E-state index < -0.39 is 23.0 Å².